The highest BCUT2D eigenvalue weighted by molar-refractivity contribution is 6.20. The normalized spacial score (nSPS) is 12.8. The lowest BCUT2D eigenvalue weighted by molar-refractivity contribution is 0.669. The number of rotatable bonds is 10. The average Bonchev–Trinajstić information content (AvgIpc) is 4.38. The van der Waals surface area contributed by atoms with E-state index in [4.69, 9.17) is 8.83 Å². The standard InChI is InChI=1S/C73H52N2O2/c1-3-47-37-41-51(42-38-47)74(63-33-19-31-59-55-27-15-17-35-67(55)76-71(59)63)65-45-61-69(57-29-13-11-25-53(57)65)70-58-30-14-12-26-54(58)66(46-62(70)73(61,49-21-7-5-8-22-49)50-23-9-6-10-24-50)75(52-43-39-48(4-2)40-44-52)64-34-20-32-60-56-28-16-18-36-68(56)77-72(60)64/h5-46H,3-4H2,1-2H3. The van der Waals surface area contributed by atoms with Gasteiger partial charge in [-0.2, -0.15) is 0 Å². The van der Waals surface area contributed by atoms with Crippen LogP contribution < -0.4 is 9.80 Å². The van der Waals surface area contributed by atoms with Crippen LogP contribution in [-0.2, 0) is 18.3 Å². The first kappa shape index (κ1) is 44.8. The first-order valence-corrected chi connectivity index (χ1v) is 26.9. The lowest BCUT2D eigenvalue weighted by Crippen LogP contribution is -2.29. The SMILES string of the molecule is CCc1ccc(N(c2cc3c(c4ccccc24)-c2c(cc(N(c4ccc(CC)cc4)c4cccc5c4oc4ccccc45)c4ccccc24)C3(c2ccccc2)c2ccccc2)c2cccc3c2oc2ccccc23)cc1. The zero-order valence-electron chi connectivity index (χ0n) is 42.9. The van der Waals surface area contributed by atoms with Crippen LogP contribution in [0.3, 0.4) is 0 Å². The highest BCUT2D eigenvalue weighted by Crippen LogP contribution is 2.63. The van der Waals surface area contributed by atoms with Crippen LogP contribution in [0, 0.1) is 0 Å². The van der Waals surface area contributed by atoms with Crippen molar-refractivity contribution < 1.29 is 8.83 Å². The van der Waals surface area contributed by atoms with E-state index in [0.29, 0.717) is 0 Å². The number of para-hydroxylation sites is 4. The van der Waals surface area contributed by atoms with Gasteiger partial charge in [0.25, 0.3) is 0 Å². The van der Waals surface area contributed by atoms with Gasteiger partial charge in [0.2, 0.25) is 0 Å². The molecule has 2 heterocycles. The van der Waals surface area contributed by atoms with Crippen LogP contribution in [0.15, 0.2) is 264 Å². The van der Waals surface area contributed by atoms with E-state index in [1.54, 1.807) is 0 Å². The second kappa shape index (κ2) is 17.8. The molecule has 77 heavy (non-hydrogen) atoms. The van der Waals surface area contributed by atoms with Gasteiger partial charge in [0.05, 0.1) is 28.2 Å². The third-order valence-corrected chi connectivity index (χ3v) is 16.5. The second-order valence-corrected chi connectivity index (χ2v) is 20.4. The van der Waals surface area contributed by atoms with Gasteiger partial charge in [-0.1, -0.05) is 208 Å². The van der Waals surface area contributed by atoms with Gasteiger partial charge in [0.1, 0.15) is 11.2 Å². The van der Waals surface area contributed by atoms with Crippen LogP contribution in [0.1, 0.15) is 47.2 Å². The molecular weight excluding hydrogens is 937 g/mol. The molecule has 0 spiro atoms. The zero-order chi connectivity index (χ0) is 51.2. The summed E-state index contributed by atoms with van der Waals surface area (Å²) in [5.74, 6) is 0. The molecule has 0 saturated heterocycles. The fourth-order valence-corrected chi connectivity index (χ4v) is 12.9. The molecule has 0 unspecified atom stereocenters. The van der Waals surface area contributed by atoms with Gasteiger partial charge in [-0.15, -0.1) is 0 Å². The predicted molar refractivity (Wildman–Crippen MR) is 321 cm³/mol. The Bertz CT molecular complexity index is 4290. The number of hydrogen-bond donors (Lipinski definition) is 0. The molecule has 0 atom stereocenters. The summed E-state index contributed by atoms with van der Waals surface area (Å²) in [7, 11) is 0. The summed E-state index contributed by atoms with van der Waals surface area (Å²) >= 11 is 0. The molecule has 0 saturated carbocycles. The topological polar surface area (TPSA) is 32.8 Å². The first-order valence-electron chi connectivity index (χ1n) is 26.9. The monoisotopic (exact) mass is 988 g/mol. The van der Waals surface area contributed by atoms with E-state index < -0.39 is 5.41 Å². The smallest absolute Gasteiger partial charge is 0.159 e. The molecule has 0 amide bonds. The minimum atomic E-state index is -0.809. The van der Waals surface area contributed by atoms with E-state index in [-0.39, 0.29) is 0 Å². The van der Waals surface area contributed by atoms with Crippen LogP contribution in [0.5, 0.6) is 0 Å². The van der Waals surface area contributed by atoms with Gasteiger partial charge in [0.15, 0.2) is 11.2 Å². The van der Waals surface area contributed by atoms with Crippen molar-refractivity contribution >= 4 is 99.5 Å². The lowest BCUT2D eigenvalue weighted by Gasteiger charge is -2.36. The Labute approximate surface area is 447 Å². The Balaban J connectivity index is 1.10. The minimum Gasteiger partial charge on any atom is -0.454 e. The summed E-state index contributed by atoms with van der Waals surface area (Å²) in [5, 5.41) is 9.01. The quantitative estimate of drug-likeness (QED) is 0.137. The van der Waals surface area contributed by atoms with Crippen LogP contribution in [0.4, 0.5) is 34.1 Å². The largest absolute Gasteiger partial charge is 0.454 e. The van der Waals surface area contributed by atoms with E-state index >= 15 is 0 Å². The van der Waals surface area contributed by atoms with Crippen LogP contribution in [0.2, 0.25) is 0 Å². The maximum Gasteiger partial charge on any atom is 0.159 e. The van der Waals surface area contributed by atoms with Gasteiger partial charge in [0, 0.05) is 43.7 Å². The Morgan fingerprint density at radius 2 is 0.662 bits per heavy atom. The third kappa shape index (κ3) is 6.71. The summed E-state index contributed by atoms with van der Waals surface area (Å²) in [6, 6.07) is 93.8. The van der Waals surface area contributed by atoms with Crippen LogP contribution in [-0.4, -0.2) is 0 Å². The van der Waals surface area contributed by atoms with Crippen molar-refractivity contribution in [3.63, 3.8) is 0 Å². The van der Waals surface area contributed by atoms with E-state index in [2.05, 4.69) is 278 Å². The number of benzene rings is 12. The van der Waals surface area contributed by atoms with Crippen molar-refractivity contribution in [1.82, 2.24) is 0 Å². The summed E-state index contributed by atoms with van der Waals surface area (Å²) in [6.45, 7) is 4.44. The summed E-state index contributed by atoms with van der Waals surface area (Å²) in [5.41, 5.74) is 18.7. The van der Waals surface area contributed by atoms with Gasteiger partial charge in [-0.05, 0) is 129 Å². The number of furan rings is 2. The number of nitrogens with zero attached hydrogens (tertiary/aromatic N) is 2. The highest BCUT2D eigenvalue weighted by Gasteiger charge is 2.49. The Morgan fingerprint density at radius 1 is 0.312 bits per heavy atom. The molecule has 12 aromatic carbocycles. The Kier molecular flexibility index (Phi) is 10.3. The molecule has 15 rings (SSSR count). The summed E-state index contributed by atoms with van der Waals surface area (Å²) in [6.07, 6.45) is 1.89. The molecule has 0 aliphatic heterocycles. The molecule has 2 aromatic heterocycles. The molecule has 0 N–H and O–H groups in total. The minimum absolute atomic E-state index is 0.809. The maximum absolute atomic E-state index is 6.95. The lowest BCUT2D eigenvalue weighted by atomic mass is 9.67. The van der Waals surface area contributed by atoms with E-state index in [1.807, 2.05) is 0 Å². The van der Waals surface area contributed by atoms with Gasteiger partial charge >= 0.3 is 0 Å². The molecule has 4 nitrogen and oxygen atoms in total. The number of fused-ring (bicyclic) bond motifs is 13. The van der Waals surface area contributed by atoms with E-state index in [0.717, 1.165) is 102 Å². The molecular formula is C73H52N2O2. The molecule has 4 heteroatoms. The molecule has 14 aromatic rings. The summed E-state index contributed by atoms with van der Waals surface area (Å²) < 4.78 is 13.9. The van der Waals surface area contributed by atoms with E-state index in [1.165, 1.54) is 55.3 Å². The molecule has 0 radical (unpaired) electrons. The molecule has 0 fully saturated rings. The Hall–Kier alpha value is -9.64. The first-order chi connectivity index (χ1) is 38.1. The number of hydrogen-bond acceptors (Lipinski definition) is 4. The molecule has 1 aliphatic carbocycles. The molecule has 1 aliphatic rings. The number of aryl methyl sites for hydroxylation is 2. The van der Waals surface area contributed by atoms with Crippen molar-refractivity contribution in [2.75, 3.05) is 9.80 Å². The predicted octanol–water partition coefficient (Wildman–Crippen LogP) is 20.2. The molecule has 0 bridgehead atoms. The fraction of sp³-hybridized carbons (Fsp3) is 0.0685. The fourth-order valence-electron chi connectivity index (χ4n) is 12.9. The second-order valence-electron chi connectivity index (χ2n) is 20.4. The van der Waals surface area contributed by atoms with E-state index in [9.17, 15) is 0 Å². The van der Waals surface area contributed by atoms with Crippen molar-refractivity contribution in [2.24, 2.45) is 0 Å². The van der Waals surface area contributed by atoms with Crippen molar-refractivity contribution in [3.8, 4) is 11.1 Å². The van der Waals surface area contributed by atoms with Gasteiger partial charge in [-0.3, -0.25) is 0 Å². The zero-order valence-corrected chi connectivity index (χ0v) is 42.9. The highest BCUT2D eigenvalue weighted by atomic mass is 16.3. The van der Waals surface area contributed by atoms with Gasteiger partial charge < -0.3 is 18.6 Å². The molecule has 366 valence electrons. The third-order valence-electron chi connectivity index (χ3n) is 16.5. The Morgan fingerprint density at radius 3 is 1.06 bits per heavy atom. The van der Waals surface area contributed by atoms with Crippen LogP contribution >= 0.6 is 0 Å². The maximum atomic E-state index is 6.95. The van der Waals surface area contributed by atoms with Crippen molar-refractivity contribution in [2.45, 2.75) is 32.1 Å². The number of anilines is 6. The van der Waals surface area contributed by atoms with Crippen molar-refractivity contribution in [3.05, 3.63) is 288 Å². The summed E-state index contributed by atoms with van der Waals surface area (Å²) in [4.78, 5) is 4.91. The average molecular weight is 989 g/mol. The van der Waals surface area contributed by atoms with Crippen LogP contribution in [0.25, 0.3) is 76.5 Å². The van der Waals surface area contributed by atoms with Crippen molar-refractivity contribution in [1.29, 1.82) is 0 Å². The van der Waals surface area contributed by atoms with Gasteiger partial charge in [-0.25, -0.2) is 0 Å².